The van der Waals surface area contributed by atoms with Gasteiger partial charge in [0.25, 0.3) is 0 Å². The van der Waals surface area contributed by atoms with Crippen LogP contribution in [0.4, 0.5) is 5.13 Å². The molecule has 2 aromatic rings. The van der Waals surface area contributed by atoms with E-state index in [4.69, 9.17) is 0 Å². The fraction of sp³-hybridized carbons (Fsp3) is 0.500. The number of thiazole rings is 1. The number of carboxylic acids is 1. The molecule has 0 saturated heterocycles. The number of aromatic nitrogens is 1. The largest absolute Gasteiger partial charge is 0.550 e. The molecule has 1 aromatic heterocycles. The Morgan fingerprint density at radius 3 is 2.50 bits per heavy atom. The first-order valence-electron chi connectivity index (χ1n) is 9.99. The second-order valence-electron chi connectivity index (χ2n) is 8.53. The minimum absolute atomic E-state index is 0.0851. The van der Waals surface area contributed by atoms with Crippen molar-refractivity contribution in [1.82, 2.24) is 4.98 Å². The third-order valence-corrected chi connectivity index (χ3v) is 6.88. The molecule has 2 aliphatic rings. The van der Waals surface area contributed by atoms with Gasteiger partial charge in [-0.05, 0) is 49.0 Å². The van der Waals surface area contributed by atoms with E-state index in [2.05, 4.69) is 48.4 Å². The quantitative estimate of drug-likeness (QED) is 0.810. The molecule has 2 saturated carbocycles. The lowest BCUT2D eigenvalue weighted by molar-refractivity contribution is -0.314. The average molecular weight is 398 g/mol. The molecule has 0 aliphatic heterocycles. The van der Waals surface area contributed by atoms with Gasteiger partial charge >= 0.3 is 0 Å². The van der Waals surface area contributed by atoms with E-state index in [-0.39, 0.29) is 17.7 Å². The molecule has 1 heterocycles. The highest BCUT2D eigenvalue weighted by Crippen LogP contribution is 2.52. The molecule has 0 unspecified atom stereocenters. The number of amides is 1. The number of hydrogen-bond donors (Lipinski definition) is 1. The van der Waals surface area contributed by atoms with Crippen LogP contribution in [0.1, 0.15) is 38.7 Å². The maximum atomic E-state index is 12.8. The van der Waals surface area contributed by atoms with Gasteiger partial charge < -0.3 is 15.2 Å². The van der Waals surface area contributed by atoms with Crippen LogP contribution in [-0.4, -0.2) is 16.9 Å². The summed E-state index contributed by atoms with van der Waals surface area (Å²) < 4.78 is 0. The third-order valence-electron chi connectivity index (χ3n) is 6.12. The number of aliphatic carboxylic acids is 1. The van der Waals surface area contributed by atoms with Crippen LogP contribution in [-0.2, 0) is 16.0 Å². The normalized spacial score (nSPS) is 26.0. The number of nitrogens with zero attached hydrogens (tertiary/aromatic N) is 1. The number of nitrogens with one attached hydrogen (secondary N) is 1. The van der Waals surface area contributed by atoms with Gasteiger partial charge in [-0.25, -0.2) is 4.98 Å². The van der Waals surface area contributed by atoms with E-state index in [1.807, 2.05) is 5.38 Å². The smallest absolute Gasteiger partial charge is 0.230 e. The van der Waals surface area contributed by atoms with Crippen molar-refractivity contribution in [3.63, 3.8) is 0 Å². The first kappa shape index (κ1) is 19.1. The van der Waals surface area contributed by atoms with E-state index < -0.39 is 17.8 Å². The molecule has 1 amide bonds. The number of rotatable bonds is 6. The van der Waals surface area contributed by atoms with Crippen LogP contribution in [0.2, 0.25) is 0 Å². The van der Waals surface area contributed by atoms with Crippen molar-refractivity contribution >= 4 is 28.3 Å². The van der Waals surface area contributed by atoms with Gasteiger partial charge in [0.15, 0.2) is 5.13 Å². The van der Waals surface area contributed by atoms with Gasteiger partial charge in [-0.1, -0.05) is 38.1 Å². The molecule has 4 rings (SSSR count). The van der Waals surface area contributed by atoms with E-state index in [0.29, 0.717) is 11.0 Å². The van der Waals surface area contributed by atoms with E-state index in [0.717, 1.165) is 36.9 Å². The first-order valence-corrected chi connectivity index (χ1v) is 10.9. The Morgan fingerprint density at radius 2 is 1.86 bits per heavy atom. The second kappa shape index (κ2) is 7.66. The highest BCUT2D eigenvalue weighted by Gasteiger charge is 2.51. The molecular weight excluding hydrogens is 372 g/mol. The van der Waals surface area contributed by atoms with Crippen molar-refractivity contribution in [2.45, 2.75) is 39.5 Å². The van der Waals surface area contributed by atoms with Gasteiger partial charge in [0.1, 0.15) is 0 Å². The SMILES string of the molecule is CC(C)Cc1ccc(-c2csc(NC(=O)[C@@H]3[C@@H]4CC[C@@H](C4)[C@@H]3C(=O)[O-])n2)cc1. The molecular formula is C22H25N2O3S-. The molecule has 5 nitrogen and oxygen atoms in total. The summed E-state index contributed by atoms with van der Waals surface area (Å²) in [6.07, 6.45) is 3.68. The number of carboxylic acid groups (broad SMARTS) is 1. The highest BCUT2D eigenvalue weighted by molar-refractivity contribution is 7.14. The van der Waals surface area contributed by atoms with Gasteiger partial charge in [-0.2, -0.15) is 0 Å². The Kier molecular flexibility index (Phi) is 5.23. The fourth-order valence-electron chi connectivity index (χ4n) is 4.94. The monoisotopic (exact) mass is 397 g/mol. The van der Waals surface area contributed by atoms with Crippen molar-refractivity contribution in [3.8, 4) is 11.3 Å². The Balaban J connectivity index is 1.45. The average Bonchev–Trinajstić information content (AvgIpc) is 3.37. The molecule has 2 bridgehead atoms. The Hall–Kier alpha value is -2.21. The minimum atomic E-state index is -1.09. The van der Waals surface area contributed by atoms with Crippen LogP contribution in [0, 0.1) is 29.6 Å². The molecule has 6 heteroatoms. The number of fused-ring (bicyclic) bond motifs is 2. The standard InChI is InChI=1S/C22H26N2O3S/c1-12(2)9-13-3-5-14(6-4-13)17-11-28-22(23-17)24-20(25)18-15-7-8-16(10-15)19(18)21(26)27/h3-6,11-12,15-16,18-19H,7-10H2,1-2H3,(H,26,27)(H,23,24,25)/p-1/t15-,16+,18-,19+/m1/s1. The topological polar surface area (TPSA) is 82.1 Å². The number of carbonyl (C=O) groups excluding carboxylic acids is 2. The highest BCUT2D eigenvalue weighted by atomic mass is 32.1. The van der Waals surface area contributed by atoms with Crippen molar-refractivity contribution < 1.29 is 14.7 Å². The summed E-state index contributed by atoms with van der Waals surface area (Å²) in [6.45, 7) is 4.40. The number of hydrogen-bond acceptors (Lipinski definition) is 5. The molecule has 1 aromatic carbocycles. The molecule has 28 heavy (non-hydrogen) atoms. The number of carbonyl (C=O) groups is 2. The Bertz CT molecular complexity index is 874. The Labute approximate surface area is 169 Å². The van der Waals surface area contributed by atoms with Gasteiger partial charge in [0.2, 0.25) is 5.91 Å². The van der Waals surface area contributed by atoms with Crippen molar-refractivity contribution in [2.75, 3.05) is 5.32 Å². The zero-order valence-corrected chi connectivity index (χ0v) is 17.0. The van der Waals surface area contributed by atoms with Crippen LogP contribution in [0.5, 0.6) is 0 Å². The molecule has 0 spiro atoms. The zero-order valence-electron chi connectivity index (χ0n) is 16.2. The van der Waals surface area contributed by atoms with Crippen LogP contribution >= 0.6 is 11.3 Å². The van der Waals surface area contributed by atoms with Crippen LogP contribution in [0.25, 0.3) is 11.3 Å². The van der Waals surface area contributed by atoms with Crippen molar-refractivity contribution in [3.05, 3.63) is 35.2 Å². The summed E-state index contributed by atoms with van der Waals surface area (Å²) in [5, 5.41) is 16.8. The van der Waals surface area contributed by atoms with E-state index >= 15 is 0 Å². The number of benzene rings is 1. The summed E-state index contributed by atoms with van der Waals surface area (Å²) >= 11 is 1.37. The summed E-state index contributed by atoms with van der Waals surface area (Å²) in [5.41, 5.74) is 3.13. The second-order valence-corrected chi connectivity index (χ2v) is 9.38. The van der Waals surface area contributed by atoms with Gasteiger partial charge in [-0.15, -0.1) is 11.3 Å². The predicted octanol–water partition coefficient (Wildman–Crippen LogP) is 3.36. The van der Waals surface area contributed by atoms with E-state index in [1.165, 1.54) is 16.9 Å². The summed E-state index contributed by atoms with van der Waals surface area (Å²) in [4.78, 5) is 28.9. The van der Waals surface area contributed by atoms with Crippen LogP contribution in [0.3, 0.4) is 0 Å². The van der Waals surface area contributed by atoms with Crippen molar-refractivity contribution in [1.29, 1.82) is 0 Å². The predicted molar refractivity (Wildman–Crippen MR) is 108 cm³/mol. The third kappa shape index (κ3) is 3.70. The lowest BCUT2D eigenvalue weighted by Gasteiger charge is -2.30. The summed E-state index contributed by atoms with van der Waals surface area (Å²) in [5.74, 6) is -1.62. The molecule has 2 aliphatic carbocycles. The Morgan fingerprint density at radius 1 is 1.18 bits per heavy atom. The molecule has 148 valence electrons. The van der Waals surface area contributed by atoms with E-state index in [9.17, 15) is 14.7 Å². The van der Waals surface area contributed by atoms with Gasteiger partial charge in [0, 0.05) is 28.7 Å². The van der Waals surface area contributed by atoms with Crippen molar-refractivity contribution in [2.24, 2.45) is 29.6 Å². The fourth-order valence-corrected chi connectivity index (χ4v) is 5.67. The zero-order chi connectivity index (χ0) is 19.8. The summed E-state index contributed by atoms with van der Waals surface area (Å²) in [7, 11) is 0. The van der Waals surface area contributed by atoms with Crippen LogP contribution < -0.4 is 10.4 Å². The molecule has 4 atom stereocenters. The molecule has 2 fully saturated rings. The lowest BCUT2D eigenvalue weighted by Crippen LogP contribution is -2.43. The summed E-state index contributed by atoms with van der Waals surface area (Å²) in [6, 6.07) is 8.35. The lowest BCUT2D eigenvalue weighted by atomic mass is 9.79. The number of anilines is 1. The molecule has 0 radical (unpaired) electrons. The van der Waals surface area contributed by atoms with Crippen LogP contribution in [0.15, 0.2) is 29.6 Å². The van der Waals surface area contributed by atoms with E-state index in [1.54, 1.807) is 0 Å². The minimum Gasteiger partial charge on any atom is -0.550 e. The van der Waals surface area contributed by atoms with Gasteiger partial charge in [-0.3, -0.25) is 4.79 Å². The van der Waals surface area contributed by atoms with Gasteiger partial charge in [0.05, 0.1) is 5.69 Å². The maximum Gasteiger partial charge on any atom is 0.230 e. The maximum absolute atomic E-state index is 12.8. The molecule has 1 N–H and O–H groups in total. The first-order chi connectivity index (χ1) is 13.4.